The molecule has 4 nitrogen and oxygen atoms in total. The average molecular weight is 264 g/mol. The highest BCUT2D eigenvalue weighted by Crippen LogP contribution is 2.23. The molecule has 96 valence electrons. The maximum atomic E-state index is 11.6. The Morgan fingerprint density at radius 2 is 2.44 bits per heavy atom. The monoisotopic (exact) mass is 264 g/mol. The quantitative estimate of drug-likeness (QED) is 0.903. The van der Waals surface area contributed by atoms with Gasteiger partial charge in [0.2, 0.25) is 11.8 Å². The SMILES string of the molecule is CC[C@@H](C)C(=O)NCc1coc(-c2cccs2)n1. The van der Waals surface area contributed by atoms with E-state index in [2.05, 4.69) is 10.3 Å². The number of carbonyl (C=O) groups is 1. The molecule has 1 atom stereocenters. The second-order valence-corrected chi connectivity index (χ2v) is 5.10. The first-order chi connectivity index (χ1) is 8.70. The van der Waals surface area contributed by atoms with E-state index < -0.39 is 0 Å². The van der Waals surface area contributed by atoms with E-state index in [4.69, 9.17) is 4.42 Å². The second kappa shape index (κ2) is 5.82. The standard InChI is InChI=1S/C13H16N2O2S/c1-3-9(2)12(16)14-7-10-8-17-13(15-10)11-5-4-6-18-11/h4-6,8-9H,3,7H2,1-2H3,(H,14,16)/t9-/m1/s1. The molecule has 2 aromatic heterocycles. The molecule has 0 unspecified atom stereocenters. The molecule has 0 spiro atoms. The van der Waals surface area contributed by atoms with Gasteiger partial charge in [0.05, 0.1) is 17.1 Å². The molecule has 0 fully saturated rings. The molecule has 2 aromatic rings. The first kappa shape index (κ1) is 12.8. The van der Waals surface area contributed by atoms with E-state index in [-0.39, 0.29) is 11.8 Å². The van der Waals surface area contributed by atoms with Crippen molar-refractivity contribution in [2.45, 2.75) is 26.8 Å². The molecule has 0 saturated carbocycles. The summed E-state index contributed by atoms with van der Waals surface area (Å²) < 4.78 is 5.38. The van der Waals surface area contributed by atoms with Gasteiger partial charge in [0, 0.05) is 5.92 Å². The third kappa shape index (κ3) is 2.98. The minimum absolute atomic E-state index is 0.0358. The Balaban J connectivity index is 1.93. The molecule has 0 aliphatic rings. The highest BCUT2D eigenvalue weighted by Gasteiger charge is 2.12. The summed E-state index contributed by atoms with van der Waals surface area (Å²) in [7, 11) is 0. The maximum Gasteiger partial charge on any atom is 0.236 e. The summed E-state index contributed by atoms with van der Waals surface area (Å²) in [6.45, 7) is 4.32. The molecule has 2 heterocycles. The number of rotatable bonds is 5. The van der Waals surface area contributed by atoms with Gasteiger partial charge in [0.1, 0.15) is 6.26 Å². The van der Waals surface area contributed by atoms with Gasteiger partial charge in [0.15, 0.2) is 0 Å². The number of amides is 1. The van der Waals surface area contributed by atoms with E-state index in [1.807, 2.05) is 31.4 Å². The highest BCUT2D eigenvalue weighted by molar-refractivity contribution is 7.13. The van der Waals surface area contributed by atoms with Crippen LogP contribution in [0.2, 0.25) is 0 Å². The van der Waals surface area contributed by atoms with Gasteiger partial charge in [-0.3, -0.25) is 4.79 Å². The van der Waals surface area contributed by atoms with Gasteiger partial charge in [-0.25, -0.2) is 4.98 Å². The van der Waals surface area contributed by atoms with Crippen LogP contribution in [-0.4, -0.2) is 10.9 Å². The molecule has 0 aromatic carbocycles. The molecule has 1 N–H and O–H groups in total. The number of nitrogens with one attached hydrogen (secondary N) is 1. The minimum Gasteiger partial charge on any atom is -0.443 e. The number of hydrogen-bond donors (Lipinski definition) is 1. The molecule has 1 amide bonds. The summed E-state index contributed by atoms with van der Waals surface area (Å²) in [6, 6.07) is 3.91. The van der Waals surface area contributed by atoms with Crippen LogP contribution in [0, 0.1) is 5.92 Å². The van der Waals surface area contributed by atoms with E-state index >= 15 is 0 Å². The van der Waals surface area contributed by atoms with Gasteiger partial charge in [0.25, 0.3) is 0 Å². The zero-order valence-corrected chi connectivity index (χ0v) is 11.3. The van der Waals surface area contributed by atoms with Crippen molar-refractivity contribution in [1.29, 1.82) is 0 Å². The van der Waals surface area contributed by atoms with Crippen molar-refractivity contribution in [3.05, 3.63) is 29.5 Å². The van der Waals surface area contributed by atoms with Crippen molar-refractivity contribution in [3.63, 3.8) is 0 Å². The topological polar surface area (TPSA) is 55.1 Å². The van der Waals surface area contributed by atoms with Gasteiger partial charge in [-0.05, 0) is 17.9 Å². The number of aromatic nitrogens is 1. The molecule has 5 heteroatoms. The van der Waals surface area contributed by atoms with E-state index in [1.165, 1.54) is 0 Å². The normalized spacial score (nSPS) is 12.3. The first-order valence-electron chi connectivity index (χ1n) is 5.96. The Hall–Kier alpha value is -1.62. The van der Waals surface area contributed by atoms with Gasteiger partial charge in [-0.2, -0.15) is 0 Å². The summed E-state index contributed by atoms with van der Waals surface area (Å²) in [5.41, 5.74) is 0.745. The molecule has 0 radical (unpaired) electrons. The number of thiophene rings is 1. The Labute approximate surface area is 110 Å². The lowest BCUT2D eigenvalue weighted by Gasteiger charge is -2.07. The van der Waals surface area contributed by atoms with E-state index in [1.54, 1.807) is 17.6 Å². The molecule has 0 saturated heterocycles. The van der Waals surface area contributed by atoms with E-state index in [0.717, 1.165) is 17.0 Å². The third-order valence-electron chi connectivity index (χ3n) is 2.79. The van der Waals surface area contributed by atoms with Crippen molar-refractivity contribution >= 4 is 17.2 Å². The van der Waals surface area contributed by atoms with Crippen molar-refractivity contribution in [2.24, 2.45) is 5.92 Å². The van der Waals surface area contributed by atoms with Gasteiger partial charge in [-0.15, -0.1) is 11.3 Å². The zero-order chi connectivity index (χ0) is 13.0. The third-order valence-corrected chi connectivity index (χ3v) is 3.65. The van der Waals surface area contributed by atoms with Crippen LogP contribution in [-0.2, 0) is 11.3 Å². The van der Waals surface area contributed by atoms with Crippen LogP contribution in [0.1, 0.15) is 26.0 Å². The molecule has 0 bridgehead atoms. The fourth-order valence-corrected chi connectivity index (χ4v) is 2.09. The van der Waals surface area contributed by atoms with Crippen LogP contribution in [0.4, 0.5) is 0 Å². The smallest absolute Gasteiger partial charge is 0.236 e. The maximum absolute atomic E-state index is 11.6. The lowest BCUT2D eigenvalue weighted by Crippen LogP contribution is -2.28. The van der Waals surface area contributed by atoms with Crippen molar-refractivity contribution < 1.29 is 9.21 Å². The van der Waals surface area contributed by atoms with E-state index in [9.17, 15) is 4.79 Å². The summed E-state index contributed by atoms with van der Waals surface area (Å²) in [5, 5.41) is 4.83. The van der Waals surface area contributed by atoms with Crippen LogP contribution < -0.4 is 5.32 Å². The Morgan fingerprint density at radius 1 is 1.61 bits per heavy atom. The lowest BCUT2D eigenvalue weighted by atomic mass is 10.1. The predicted octanol–water partition coefficient (Wildman–Crippen LogP) is 3.07. The van der Waals surface area contributed by atoms with Crippen LogP contribution >= 0.6 is 11.3 Å². The molecule has 0 aliphatic carbocycles. The molecule has 2 rings (SSSR count). The Kier molecular flexibility index (Phi) is 4.15. The van der Waals surface area contributed by atoms with E-state index in [0.29, 0.717) is 12.4 Å². The lowest BCUT2D eigenvalue weighted by molar-refractivity contribution is -0.124. The summed E-state index contributed by atoms with van der Waals surface area (Å²) in [4.78, 5) is 16.9. The van der Waals surface area contributed by atoms with Crippen LogP contribution in [0.5, 0.6) is 0 Å². The van der Waals surface area contributed by atoms with Crippen molar-refractivity contribution in [1.82, 2.24) is 10.3 Å². The van der Waals surface area contributed by atoms with Gasteiger partial charge >= 0.3 is 0 Å². The van der Waals surface area contributed by atoms with Crippen molar-refractivity contribution in [3.8, 4) is 10.8 Å². The summed E-state index contributed by atoms with van der Waals surface area (Å²) in [5.74, 6) is 0.699. The summed E-state index contributed by atoms with van der Waals surface area (Å²) >= 11 is 1.58. The molecule has 0 aliphatic heterocycles. The van der Waals surface area contributed by atoms with Crippen LogP contribution in [0.25, 0.3) is 10.8 Å². The summed E-state index contributed by atoms with van der Waals surface area (Å²) in [6.07, 6.45) is 2.43. The average Bonchev–Trinajstić information content (AvgIpc) is 3.04. The number of carbonyl (C=O) groups excluding carboxylic acids is 1. The molecular formula is C13H16N2O2S. The minimum atomic E-state index is 0.0358. The number of nitrogens with zero attached hydrogens (tertiary/aromatic N) is 1. The Morgan fingerprint density at radius 3 is 3.11 bits per heavy atom. The first-order valence-corrected chi connectivity index (χ1v) is 6.84. The molecular weight excluding hydrogens is 248 g/mol. The Bertz CT molecular complexity index is 505. The number of oxazole rings is 1. The second-order valence-electron chi connectivity index (χ2n) is 4.15. The fraction of sp³-hybridized carbons (Fsp3) is 0.385. The van der Waals surface area contributed by atoms with Crippen molar-refractivity contribution in [2.75, 3.05) is 0 Å². The molecule has 18 heavy (non-hydrogen) atoms. The fourth-order valence-electron chi connectivity index (χ4n) is 1.44. The van der Waals surface area contributed by atoms with Gasteiger partial charge in [-0.1, -0.05) is 19.9 Å². The highest BCUT2D eigenvalue weighted by atomic mass is 32.1. The largest absolute Gasteiger partial charge is 0.443 e. The zero-order valence-electron chi connectivity index (χ0n) is 10.5. The van der Waals surface area contributed by atoms with Crippen LogP contribution in [0.15, 0.2) is 28.2 Å². The number of hydrogen-bond acceptors (Lipinski definition) is 4. The van der Waals surface area contributed by atoms with Gasteiger partial charge < -0.3 is 9.73 Å². The van der Waals surface area contributed by atoms with Crippen LogP contribution in [0.3, 0.4) is 0 Å². The predicted molar refractivity (Wildman–Crippen MR) is 71.1 cm³/mol.